The fraction of sp³-hybridized carbons (Fsp3) is 0.571. The predicted molar refractivity (Wildman–Crippen MR) is 66.5 cm³/mol. The van der Waals surface area contributed by atoms with E-state index in [1.807, 2.05) is 19.1 Å². The number of hydrogen-bond donors (Lipinski definition) is 1. The van der Waals surface area contributed by atoms with Crippen molar-refractivity contribution in [2.24, 2.45) is 5.73 Å². The molecule has 2 nitrogen and oxygen atoms in total. The molecule has 1 atom stereocenters. The maximum atomic E-state index is 6.06. The van der Waals surface area contributed by atoms with Crippen molar-refractivity contribution in [3.05, 3.63) is 29.8 Å². The van der Waals surface area contributed by atoms with Crippen molar-refractivity contribution in [1.29, 1.82) is 0 Å². The lowest BCUT2D eigenvalue weighted by molar-refractivity contribution is 0.0968. The molecule has 1 aromatic rings. The van der Waals surface area contributed by atoms with E-state index in [1.165, 1.54) is 25.7 Å². The molecule has 0 amide bonds. The van der Waals surface area contributed by atoms with Gasteiger partial charge in [0.15, 0.2) is 0 Å². The highest BCUT2D eigenvalue weighted by molar-refractivity contribution is 5.29. The van der Waals surface area contributed by atoms with Crippen LogP contribution in [0.15, 0.2) is 24.3 Å². The monoisotopic (exact) mass is 219 g/mol. The van der Waals surface area contributed by atoms with E-state index in [-0.39, 0.29) is 11.6 Å². The van der Waals surface area contributed by atoms with E-state index in [0.717, 1.165) is 11.3 Å². The standard InChI is InChI=1S/C14H21NO/c1-11(15)12-5-7-13(8-6-12)16-14(2)9-3-4-10-14/h5-8,11H,3-4,9-10,15H2,1-2H3. The first-order valence-electron chi connectivity index (χ1n) is 6.14. The Morgan fingerprint density at radius 3 is 2.25 bits per heavy atom. The Morgan fingerprint density at radius 2 is 1.75 bits per heavy atom. The van der Waals surface area contributed by atoms with Gasteiger partial charge in [-0.25, -0.2) is 0 Å². The smallest absolute Gasteiger partial charge is 0.120 e. The van der Waals surface area contributed by atoms with Crippen LogP contribution in [0.1, 0.15) is 51.1 Å². The van der Waals surface area contributed by atoms with Crippen LogP contribution in [-0.4, -0.2) is 5.60 Å². The molecule has 1 fully saturated rings. The van der Waals surface area contributed by atoms with Gasteiger partial charge >= 0.3 is 0 Å². The number of benzene rings is 1. The van der Waals surface area contributed by atoms with Gasteiger partial charge in [-0.2, -0.15) is 0 Å². The lowest BCUT2D eigenvalue weighted by atomic mass is 10.1. The lowest BCUT2D eigenvalue weighted by Crippen LogP contribution is -2.27. The molecule has 1 aromatic carbocycles. The minimum Gasteiger partial charge on any atom is -0.488 e. The van der Waals surface area contributed by atoms with Crippen LogP contribution in [0.4, 0.5) is 0 Å². The molecule has 16 heavy (non-hydrogen) atoms. The molecule has 0 aliphatic heterocycles. The molecule has 0 aromatic heterocycles. The Kier molecular flexibility index (Phi) is 3.20. The molecule has 1 unspecified atom stereocenters. The fourth-order valence-electron chi connectivity index (χ4n) is 2.35. The summed E-state index contributed by atoms with van der Waals surface area (Å²) in [6.45, 7) is 4.20. The topological polar surface area (TPSA) is 35.2 Å². The van der Waals surface area contributed by atoms with Crippen LogP contribution in [0.5, 0.6) is 5.75 Å². The number of ether oxygens (including phenoxy) is 1. The number of hydrogen-bond acceptors (Lipinski definition) is 2. The van der Waals surface area contributed by atoms with Crippen LogP contribution in [0.2, 0.25) is 0 Å². The molecule has 2 heteroatoms. The van der Waals surface area contributed by atoms with Gasteiger partial charge in [-0.15, -0.1) is 0 Å². The summed E-state index contributed by atoms with van der Waals surface area (Å²) in [5.41, 5.74) is 7.02. The molecule has 1 saturated carbocycles. The van der Waals surface area contributed by atoms with Gasteiger partial charge in [0, 0.05) is 6.04 Å². The van der Waals surface area contributed by atoms with Crippen molar-refractivity contribution < 1.29 is 4.74 Å². The molecular weight excluding hydrogens is 198 g/mol. The summed E-state index contributed by atoms with van der Waals surface area (Å²) < 4.78 is 6.06. The third-order valence-electron chi connectivity index (χ3n) is 3.43. The van der Waals surface area contributed by atoms with Gasteiger partial charge in [0.05, 0.1) is 0 Å². The van der Waals surface area contributed by atoms with Crippen LogP contribution in [0, 0.1) is 0 Å². The van der Waals surface area contributed by atoms with E-state index in [4.69, 9.17) is 10.5 Å². The molecule has 2 N–H and O–H groups in total. The second kappa shape index (κ2) is 4.46. The summed E-state index contributed by atoms with van der Waals surface area (Å²) in [4.78, 5) is 0. The molecule has 0 bridgehead atoms. The van der Waals surface area contributed by atoms with E-state index in [0.29, 0.717) is 0 Å². The summed E-state index contributed by atoms with van der Waals surface area (Å²) in [6.07, 6.45) is 4.91. The second-order valence-corrected chi connectivity index (χ2v) is 5.12. The van der Waals surface area contributed by atoms with Crippen LogP contribution >= 0.6 is 0 Å². The zero-order valence-corrected chi connectivity index (χ0v) is 10.2. The van der Waals surface area contributed by atoms with Gasteiger partial charge in [-0.3, -0.25) is 0 Å². The molecule has 0 saturated heterocycles. The Balaban J connectivity index is 2.05. The minimum atomic E-state index is 0.0514. The normalized spacial score (nSPS) is 20.7. The van der Waals surface area contributed by atoms with E-state index in [1.54, 1.807) is 0 Å². The van der Waals surface area contributed by atoms with Gasteiger partial charge in [-0.1, -0.05) is 12.1 Å². The molecule has 2 rings (SSSR count). The maximum absolute atomic E-state index is 6.06. The molecule has 88 valence electrons. The Hall–Kier alpha value is -1.02. The highest BCUT2D eigenvalue weighted by Gasteiger charge is 2.30. The molecule has 0 radical (unpaired) electrons. The van der Waals surface area contributed by atoms with Crippen molar-refractivity contribution in [2.75, 3.05) is 0 Å². The summed E-state index contributed by atoms with van der Waals surface area (Å²) in [5.74, 6) is 0.966. The van der Waals surface area contributed by atoms with Gasteiger partial charge < -0.3 is 10.5 Å². The molecule has 1 aliphatic rings. The van der Waals surface area contributed by atoms with Crippen molar-refractivity contribution in [3.63, 3.8) is 0 Å². The zero-order valence-electron chi connectivity index (χ0n) is 10.2. The zero-order chi connectivity index (χ0) is 11.6. The predicted octanol–water partition coefficient (Wildman–Crippen LogP) is 3.42. The maximum Gasteiger partial charge on any atom is 0.120 e. The van der Waals surface area contributed by atoms with Crippen molar-refractivity contribution in [3.8, 4) is 5.75 Å². The Labute approximate surface area is 97.8 Å². The highest BCUT2D eigenvalue weighted by Crippen LogP contribution is 2.34. The van der Waals surface area contributed by atoms with Crippen LogP contribution in [0.25, 0.3) is 0 Å². The molecule has 0 spiro atoms. The summed E-state index contributed by atoms with van der Waals surface area (Å²) in [5, 5.41) is 0. The SMILES string of the molecule is CC(N)c1ccc(OC2(C)CCCC2)cc1. The van der Waals surface area contributed by atoms with E-state index < -0.39 is 0 Å². The number of nitrogens with two attached hydrogens (primary N) is 1. The first-order chi connectivity index (χ1) is 7.59. The molecule has 1 aliphatic carbocycles. The van der Waals surface area contributed by atoms with Crippen molar-refractivity contribution in [2.45, 2.75) is 51.2 Å². The van der Waals surface area contributed by atoms with E-state index >= 15 is 0 Å². The quantitative estimate of drug-likeness (QED) is 0.845. The third kappa shape index (κ3) is 2.56. The Morgan fingerprint density at radius 1 is 1.19 bits per heavy atom. The second-order valence-electron chi connectivity index (χ2n) is 5.12. The lowest BCUT2D eigenvalue weighted by Gasteiger charge is -2.25. The minimum absolute atomic E-state index is 0.0514. The van der Waals surface area contributed by atoms with Gasteiger partial charge in [0.1, 0.15) is 11.4 Å². The average Bonchev–Trinajstić information content (AvgIpc) is 2.65. The summed E-state index contributed by atoms with van der Waals surface area (Å²) in [6, 6.07) is 8.26. The van der Waals surface area contributed by atoms with Crippen LogP contribution in [0.3, 0.4) is 0 Å². The third-order valence-corrected chi connectivity index (χ3v) is 3.43. The Bertz CT molecular complexity index is 336. The summed E-state index contributed by atoms with van der Waals surface area (Å²) >= 11 is 0. The first-order valence-corrected chi connectivity index (χ1v) is 6.14. The first kappa shape index (κ1) is 11.5. The van der Waals surface area contributed by atoms with Crippen LogP contribution < -0.4 is 10.5 Å². The largest absolute Gasteiger partial charge is 0.488 e. The van der Waals surface area contributed by atoms with Gasteiger partial charge in [-0.05, 0) is 57.2 Å². The highest BCUT2D eigenvalue weighted by atomic mass is 16.5. The van der Waals surface area contributed by atoms with E-state index in [9.17, 15) is 0 Å². The summed E-state index contributed by atoms with van der Waals surface area (Å²) in [7, 11) is 0. The fourth-order valence-corrected chi connectivity index (χ4v) is 2.35. The van der Waals surface area contributed by atoms with Crippen LogP contribution in [-0.2, 0) is 0 Å². The molecule has 0 heterocycles. The van der Waals surface area contributed by atoms with E-state index in [2.05, 4.69) is 19.1 Å². The number of rotatable bonds is 3. The average molecular weight is 219 g/mol. The molecular formula is C14H21NO. The van der Waals surface area contributed by atoms with Crippen molar-refractivity contribution in [1.82, 2.24) is 0 Å². The van der Waals surface area contributed by atoms with Gasteiger partial charge in [0.25, 0.3) is 0 Å². The van der Waals surface area contributed by atoms with Gasteiger partial charge in [0.2, 0.25) is 0 Å². The van der Waals surface area contributed by atoms with Crippen molar-refractivity contribution >= 4 is 0 Å².